The van der Waals surface area contributed by atoms with Gasteiger partial charge in [-0.25, -0.2) is 4.98 Å². The SMILES string of the molecule is C1CCCC1.C=C(/C=C(\C=C(\C)[C@H](C)CC)C(=O)Nc1nc2ccc(C)cc2n1C)C1=C(OC)CCN(C)C1C.CC.CCCC.CCCC(C)CC. The number of imidazole rings is 1. The van der Waals surface area contributed by atoms with Gasteiger partial charge in [0, 0.05) is 37.2 Å². The third kappa shape index (κ3) is 17.7. The van der Waals surface area contributed by atoms with Crippen molar-refractivity contribution in [2.45, 2.75) is 166 Å². The van der Waals surface area contributed by atoms with Gasteiger partial charge in [-0.05, 0) is 75.4 Å². The van der Waals surface area contributed by atoms with Crippen molar-refractivity contribution in [2.24, 2.45) is 18.9 Å². The summed E-state index contributed by atoms with van der Waals surface area (Å²) in [7, 11) is 5.72. The number of amides is 1. The number of unbranched alkanes of at least 4 members (excludes halogenated alkanes) is 1. The van der Waals surface area contributed by atoms with E-state index in [1.54, 1.807) is 7.11 Å². The average molecular weight is 735 g/mol. The van der Waals surface area contributed by atoms with Crippen molar-refractivity contribution in [3.63, 3.8) is 0 Å². The summed E-state index contributed by atoms with van der Waals surface area (Å²) in [4.78, 5) is 20.5. The zero-order chi connectivity index (χ0) is 40.5. The molecule has 2 aliphatic rings. The van der Waals surface area contributed by atoms with Gasteiger partial charge in [0.05, 0.1) is 18.1 Å². The Balaban J connectivity index is 0.00000123. The molecule has 1 aliphatic carbocycles. The Morgan fingerprint density at radius 2 is 1.57 bits per heavy atom. The van der Waals surface area contributed by atoms with Crippen molar-refractivity contribution < 1.29 is 9.53 Å². The van der Waals surface area contributed by atoms with E-state index >= 15 is 0 Å². The molecule has 1 amide bonds. The molecule has 0 spiro atoms. The topological polar surface area (TPSA) is 59.4 Å². The number of nitrogens with zero attached hydrogens (tertiary/aromatic N) is 3. The fraction of sp³-hybridized carbons (Fsp3) is 0.660. The number of benzene rings is 1. The number of rotatable bonds is 12. The Morgan fingerprint density at radius 3 is 2.04 bits per heavy atom. The first-order valence-corrected chi connectivity index (χ1v) is 21.1. The molecule has 2 aromatic rings. The molecular weight excluding hydrogens is 653 g/mol. The van der Waals surface area contributed by atoms with E-state index < -0.39 is 0 Å². The quantitative estimate of drug-likeness (QED) is 0.174. The van der Waals surface area contributed by atoms with E-state index in [2.05, 4.69) is 97.2 Å². The van der Waals surface area contributed by atoms with E-state index in [1.165, 1.54) is 64.2 Å². The van der Waals surface area contributed by atoms with E-state index in [1.807, 2.05) is 56.7 Å². The first-order chi connectivity index (χ1) is 25.3. The molecule has 1 N–H and O–H groups in total. The van der Waals surface area contributed by atoms with Crippen molar-refractivity contribution in [2.75, 3.05) is 26.0 Å². The molecule has 1 aromatic heterocycles. The van der Waals surface area contributed by atoms with Crippen LogP contribution in [0.15, 0.2) is 65.0 Å². The zero-order valence-corrected chi connectivity index (χ0v) is 37.2. The maximum atomic E-state index is 13.6. The minimum absolute atomic E-state index is 0.148. The number of allylic oxidation sites excluding steroid dienone is 2. The van der Waals surface area contributed by atoms with Gasteiger partial charge in [0.15, 0.2) is 0 Å². The number of ether oxygens (including phenoxy) is 1. The highest BCUT2D eigenvalue weighted by atomic mass is 16.5. The molecule has 1 aromatic carbocycles. The van der Waals surface area contributed by atoms with Crippen molar-refractivity contribution >= 4 is 22.9 Å². The van der Waals surface area contributed by atoms with Gasteiger partial charge in [0.25, 0.3) is 5.91 Å². The highest BCUT2D eigenvalue weighted by Crippen LogP contribution is 2.30. The number of hydrogen-bond donors (Lipinski definition) is 1. The first kappa shape index (κ1) is 49.9. The molecule has 6 heteroatoms. The molecule has 1 aliphatic heterocycles. The number of methoxy groups -OCH3 is 1. The highest BCUT2D eigenvalue weighted by Gasteiger charge is 2.26. The van der Waals surface area contributed by atoms with Crippen LogP contribution in [0, 0.1) is 18.8 Å². The third-order valence-corrected chi connectivity index (χ3v) is 10.5. The second-order valence-corrected chi connectivity index (χ2v) is 14.8. The summed E-state index contributed by atoms with van der Waals surface area (Å²) in [5, 5.41) is 3.04. The van der Waals surface area contributed by atoms with Crippen LogP contribution in [0.2, 0.25) is 0 Å². The molecule has 2 unspecified atom stereocenters. The minimum atomic E-state index is -0.208. The van der Waals surface area contributed by atoms with Gasteiger partial charge in [-0.2, -0.15) is 0 Å². The largest absolute Gasteiger partial charge is 0.501 e. The van der Waals surface area contributed by atoms with E-state index in [0.717, 1.165) is 64.4 Å². The summed E-state index contributed by atoms with van der Waals surface area (Å²) in [6.45, 7) is 31.0. The molecule has 3 atom stereocenters. The van der Waals surface area contributed by atoms with Crippen LogP contribution >= 0.6 is 0 Å². The third-order valence-electron chi connectivity index (χ3n) is 10.5. The van der Waals surface area contributed by atoms with Crippen LogP contribution < -0.4 is 5.32 Å². The maximum Gasteiger partial charge on any atom is 0.257 e. The van der Waals surface area contributed by atoms with Gasteiger partial charge in [-0.3, -0.25) is 15.0 Å². The predicted molar refractivity (Wildman–Crippen MR) is 235 cm³/mol. The standard InChI is InChI=1S/C29H40N4O2.C7H16.C5H10.C4H10.C2H6/c1-10-19(3)20(4)16-23(17-21(5)27-22(6)32(7)14-13-26(27)35-9)28(34)31-29-30-24-12-11-18(2)15-25(24)33(29)8;1-4-6-7(3)5-2;1-2-4-5-3-1;1-3-4-2;1-2/h11-12,15-17,19,22H,5,10,13-14H2,1-4,6-9H3,(H,30,31,34);7H,4-6H2,1-3H3;1-5H2;3-4H2,1-2H3;1-2H3/b20-16-,23-17+;;;;/t19-,22?;;;;/m1..../s1. The van der Waals surface area contributed by atoms with Crippen LogP contribution in [-0.2, 0) is 16.6 Å². The van der Waals surface area contributed by atoms with E-state index in [4.69, 9.17) is 4.74 Å². The van der Waals surface area contributed by atoms with Gasteiger partial charge < -0.3 is 9.30 Å². The number of aromatic nitrogens is 2. The molecule has 53 heavy (non-hydrogen) atoms. The molecule has 1 saturated carbocycles. The lowest BCUT2D eigenvalue weighted by molar-refractivity contribution is -0.112. The van der Waals surface area contributed by atoms with Crippen molar-refractivity contribution in [1.82, 2.24) is 14.5 Å². The van der Waals surface area contributed by atoms with Gasteiger partial charge in [-0.15, -0.1) is 0 Å². The number of carbonyl (C=O) groups is 1. The fourth-order valence-electron chi connectivity index (χ4n) is 6.03. The van der Waals surface area contributed by atoms with Gasteiger partial charge in [0.2, 0.25) is 5.95 Å². The number of nitrogens with one attached hydrogen (secondary N) is 1. The number of anilines is 1. The monoisotopic (exact) mass is 735 g/mol. The van der Waals surface area contributed by atoms with Crippen LogP contribution in [0.4, 0.5) is 5.95 Å². The smallest absolute Gasteiger partial charge is 0.257 e. The lowest BCUT2D eigenvalue weighted by Gasteiger charge is -2.34. The summed E-state index contributed by atoms with van der Waals surface area (Å²) in [5.74, 6) is 2.56. The second-order valence-electron chi connectivity index (χ2n) is 14.8. The summed E-state index contributed by atoms with van der Waals surface area (Å²) in [6.07, 6.45) is 19.9. The fourth-order valence-corrected chi connectivity index (χ4v) is 6.03. The van der Waals surface area contributed by atoms with Crippen LogP contribution in [0.1, 0.15) is 159 Å². The number of carbonyl (C=O) groups excluding carboxylic acids is 1. The van der Waals surface area contributed by atoms with Crippen LogP contribution in [0.25, 0.3) is 11.0 Å². The Labute approximate surface area is 327 Å². The Bertz CT molecular complexity index is 1420. The van der Waals surface area contributed by atoms with Crippen molar-refractivity contribution in [3.05, 3.63) is 70.5 Å². The molecule has 302 valence electrons. The molecule has 0 radical (unpaired) electrons. The molecule has 2 heterocycles. The Kier molecular flexibility index (Phi) is 26.7. The summed E-state index contributed by atoms with van der Waals surface area (Å²) in [6, 6.07) is 6.22. The molecular formula is C47H82N4O2. The van der Waals surface area contributed by atoms with E-state index in [9.17, 15) is 4.79 Å². The second kappa shape index (κ2) is 28.3. The summed E-state index contributed by atoms with van der Waals surface area (Å²) < 4.78 is 7.63. The maximum absolute atomic E-state index is 13.6. The zero-order valence-electron chi connectivity index (χ0n) is 37.2. The average Bonchev–Trinajstić information content (AvgIpc) is 3.85. The number of fused-ring (bicyclic) bond motifs is 1. The molecule has 4 rings (SSSR count). The van der Waals surface area contributed by atoms with Gasteiger partial charge in [0.1, 0.15) is 5.76 Å². The number of likely N-dealkylation sites (N-methyl/N-ethyl adjacent to an activating group) is 1. The van der Waals surface area contributed by atoms with E-state index in [-0.39, 0.29) is 11.9 Å². The minimum Gasteiger partial charge on any atom is -0.501 e. The van der Waals surface area contributed by atoms with Crippen molar-refractivity contribution in [3.8, 4) is 0 Å². The van der Waals surface area contributed by atoms with Crippen LogP contribution in [-0.4, -0.2) is 47.1 Å². The number of aryl methyl sites for hydroxylation is 2. The van der Waals surface area contributed by atoms with E-state index in [0.29, 0.717) is 17.4 Å². The highest BCUT2D eigenvalue weighted by molar-refractivity contribution is 6.06. The first-order valence-electron chi connectivity index (χ1n) is 21.1. The van der Waals surface area contributed by atoms with Crippen LogP contribution in [0.5, 0.6) is 0 Å². The van der Waals surface area contributed by atoms with Crippen molar-refractivity contribution in [1.29, 1.82) is 0 Å². The summed E-state index contributed by atoms with van der Waals surface area (Å²) >= 11 is 0. The predicted octanol–water partition coefficient (Wildman–Crippen LogP) is 13.5. The number of hydrogen-bond acceptors (Lipinski definition) is 4. The molecule has 0 saturated heterocycles. The molecule has 0 bridgehead atoms. The lowest BCUT2D eigenvalue weighted by atomic mass is 9.91. The Morgan fingerprint density at radius 1 is 0.981 bits per heavy atom. The van der Waals surface area contributed by atoms with Gasteiger partial charge in [-0.1, -0.05) is 151 Å². The summed E-state index contributed by atoms with van der Waals surface area (Å²) in [5.41, 5.74) is 6.52. The Hall–Kier alpha value is -3.12. The van der Waals surface area contributed by atoms with Gasteiger partial charge >= 0.3 is 0 Å². The molecule has 6 nitrogen and oxygen atoms in total. The lowest BCUT2D eigenvalue weighted by Crippen LogP contribution is -2.37. The normalized spacial score (nSPS) is 17.2. The molecule has 1 fully saturated rings. The van der Waals surface area contributed by atoms with Crippen LogP contribution in [0.3, 0.4) is 0 Å².